The Morgan fingerprint density at radius 3 is 2.50 bits per heavy atom. The van der Waals surface area contributed by atoms with Gasteiger partial charge >= 0.3 is 0 Å². The van der Waals surface area contributed by atoms with Crippen molar-refractivity contribution in [2.45, 2.75) is 0 Å². The fourth-order valence-electron chi connectivity index (χ4n) is 0. The summed E-state index contributed by atoms with van der Waals surface area (Å²) in [7, 11) is 1.97. The van der Waals surface area contributed by atoms with Crippen LogP contribution in [0.1, 0.15) is 1.37 Å². The highest BCUT2D eigenvalue weighted by molar-refractivity contribution is 7.20. The van der Waals surface area contributed by atoms with Crippen molar-refractivity contribution in [1.29, 1.82) is 0 Å². The summed E-state index contributed by atoms with van der Waals surface area (Å²) in [6.45, 7) is 0. The molecule has 1 atom stereocenters. The fourth-order valence-corrected chi connectivity index (χ4v) is 0. The molecule has 0 N–H and O–H groups in total. The Labute approximate surface area is 28.3 Å². The van der Waals surface area contributed by atoms with Crippen LogP contribution in [0.5, 0.6) is 0 Å². The standard InChI is InChI=1S/C2H4FP/c3-1-2-4/h1-2H,4H2/b2-1+/i1D. The van der Waals surface area contributed by atoms with Crippen molar-refractivity contribution in [3.8, 4) is 0 Å². The minimum Gasteiger partial charge on any atom is -0.216 e. The summed E-state index contributed by atoms with van der Waals surface area (Å²) < 4.78 is 16.9. The third kappa shape index (κ3) is 2.10. The molecule has 0 aromatic rings. The molecule has 2 heteroatoms. The molecule has 0 amide bonds. The topological polar surface area (TPSA) is 0 Å². The maximum absolute atomic E-state index is 10.9. The Bertz CT molecular complexity index is 47.6. The number of rotatable bonds is 0. The van der Waals surface area contributed by atoms with Gasteiger partial charge < -0.3 is 0 Å². The molecule has 0 saturated heterocycles. The normalized spacial score (nSPS) is 15.5. The Kier molecular flexibility index (Phi) is 1.82. The zero-order valence-corrected chi connectivity index (χ0v) is 3.19. The molecule has 0 nitrogen and oxygen atoms in total. The summed E-state index contributed by atoms with van der Waals surface area (Å²) in [4.78, 5) is 0. The second-order valence-corrected chi connectivity index (χ2v) is 0.609. The highest BCUT2D eigenvalue weighted by Gasteiger charge is 1.38. The van der Waals surface area contributed by atoms with E-state index in [1.165, 1.54) is 0 Å². The Hall–Kier alpha value is 0.100. The van der Waals surface area contributed by atoms with Crippen LogP contribution in [0.25, 0.3) is 0 Å². The van der Waals surface area contributed by atoms with Crippen molar-refractivity contribution in [3.63, 3.8) is 0 Å². The summed E-state index contributed by atoms with van der Waals surface area (Å²) in [5, 5.41) is 0. The van der Waals surface area contributed by atoms with Gasteiger partial charge in [-0.1, -0.05) is 0 Å². The van der Waals surface area contributed by atoms with Crippen LogP contribution in [-0.2, 0) is 0 Å². The van der Waals surface area contributed by atoms with E-state index < -0.39 is 6.31 Å². The van der Waals surface area contributed by atoms with Crippen LogP contribution in [0.3, 0.4) is 0 Å². The van der Waals surface area contributed by atoms with Crippen LogP contribution in [0.2, 0.25) is 0 Å². The second-order valence-electron chi connectivity index (χ2n) is 0.276. The Morgan fingerprint density at radius 1 is 2.25 bits per heavy atom. The lowest BCUT2D eigenvalue weighted by Crippen LogP contribution is -1.13. The lowest BCUT2D eigenvalue weighted by atomic mass is 11.2. The zero-order valence-electron chi connectivity index (χ0n) is 3.03. The third-order valence-electron chi connectivity index (χ3n) is 0.0630. The van der Waals surface area contributed by atoms with Crippen molar-refractivity contribution in [3.05, 3.63) is 12.1 Å². The van der Waals surface area contributed by atoms with Crippen molar-refractivity contribution < 1.29 is 5.76 Å². The Balaban J connectivity index is 3.14. The predicted octanol–water partition coefficient (Wildman–Crippen LogP) is 1.30. The van der Waals surface area contributed by atoms with Crippen LogP contribution in [0.15, 0.2) is 12.1 Å². The summed E-state index contributed by atoms with van der Waals surface area (Å²) in [5.41, 5.74) is 0. The van der Waals surface area contributed by atoms with Crippen LogP contribution in [0.4, 0.5) is 4.39 Å². The van der Waals surface area contributed by atoms with Gasteiger partial charge in [0, 0.05) is 0 Å². The average Bonchev–Trinajstić information content (AvgIpc) is 1.38. The largest absolute Gasteiger partial charge is 0.216 e. The summed E-state index contributed by atoms with van der Waals surface area (Å²) in [6, 6.07) is 0. The number of hydrogen-bond acceptors (Lipinski definition) is 0. The van der Waals surface area contributed by atoms with Gasteiger partial charge in [0.25, 0.3) is 0 Å². The molecule has 0 radical (unpaired) electrons. The van der Waals surface area contributed by atoms with E-state index in [1.807, 2.05) is 9.24 Å². The molecule has 0 aliphatic heterocycles. The first kappa shape index (κ1) is 2.34. The lowest BCUT2D eigenvalue weighted by Gasteiger charge is -1.46. The molecule has 0 fully saturated rings. The molecular weight excluding hydrogens is 74.0 g/mol. The molecule has 0 aromatic carbocycles. The maximum Gasteiger partial charge on any atom is 0.0956 e. The molecular formula is C2H4FP. The maximum atomic E-state index is 10.9. The van der Waals surface area contributed by atoms with Crippen molar-refractivity contribution in [2.75, 3.05) is 0 Å². The molecule has 4 heavy (non-hydrogen) atoms. The first-order valence-corrected chi connectivity index (χ1v) is 1.48. The van der Waals surface area contributed by atoms with Crippen LogP contribution in [0, 0.1) is 0 Å². The van der Waals surface area contributed by atoms with E-state index >= 15 is 0 Å². The van der Waals surface area contributed by atoms with Gasteiger partial charge in [0.1, 0.15) is 0 Å². The van der Waals surface area contributed by atoms with Gasteiger partial charge in [-0.25, -0.2) is 4.39 Å². The highest BCUT2D eigenvalue weighted by Crippen LogP contribution is 1.79. The van der Waals surface area contributed by atoms with E-state index in [1.54, 1.807) is 0 Å². The van der Waals surface area contributed by atoms with Gasteiger partial charge in [-0.15, -0.1) is 9.24 Å². The highest BCUT2D eigenvalue weighted by atomic mass is 31.0. The average molecular weight is 79.0 g/mol. The second kappa shape index (κ2) is 3.10. The molecule has 0 spiro atoms. The van der Waals surface area contributed by atoms with Gasteiger partial charge in [0.05, 0.1) is 7.68 Å². The molecule has 0 rings (SSSR count). The summed E-state index contributed by atoms with van der Waals surface area (Å²) in [5.74, 6) is 1.00. The van der Waals surface area contributed by atoms with E-state index in [2.05, 4.69) is 0 Å². The van der Waals surface area contributed by atoms with E-state index in [4.69, 9.17) is 1.37 Å². The van der Waals surface area contributed by atoms with Crippen LogP contribution in [-0.4, -0.2) is 0 Å². The van der Waals surface area contributed by atoms with Crippen molar-refractivity contribution >= 4 is 9.24 Å². The SMILES string of the molecule is [2H]/C(F)=C\P. The first-order valence-electron chi connectivity index (χ1n) is 1.31. The van der Waals surface area contributed by atoms with Crippen molar-refractivity contribution in [1.82, 2.24) is 0 Å². The molecule has 0 saturated carbocycles. The molecule has 24 valence electrons. The third-order valence-corrected chi connectivity index (χ3v) is 0.189. The van der Waals surface area contributed by atoms with Gasteiger partial charge in [-0.2, -0.15) is 0 Å². The van der Waals surface area contributed by atoms with Crippen molar-refractivity contribution in [2.24, 2.45) is 0 Å². The van der Waals surface area contributed by atoms with Gasteiger partial charge in [-0.3, -0.25) is 0 Å². The van der Waals surface area contributed by atoms with E-state index in [0.717, 1.165) is 5.82 Å². The minimum absolute atomic E-state index is 0.907. The number of hydrogen-bond donors (Lipinski definition) is 0. The summed E-state index contributed by atoms with van der Waals surface area (Å²) >= 11 is 0. The molecule has 1 unspecified atom stereocenters. The van der Waals surface area contributed by atoms with E-state index in [-0.39, 0.29) is 0 Å². The molecule has 0 bridgehead atoms. The number of halogens is 1. The van der Waals surface area contributed by atoms with Gasteiger partial charge in [0.2, 0.25) is 0 Å². The van der Waals surface area contributed by atoms with Crippen LogP contribution >= 0.6 is 9.24 Å². The summed E-state index contributed by atoms with van der Waals surface area (Å²) in [6.07, 6.45) is -0.907. The smallest absolute Gasteiger partial charge is 0.0956 e. The quantitative estimate of drug-likeness (QED) is 0.384. The molecule has 0 aromatic heterocycles. The molecule has 0 aliphatic carbocycles. The molecule has 0 aliphatic rings. The monoisotopic (exact) mass is 79.0 g/mol. The van der Waals surface area contributed by atoms with E-state index in [0.29, 0.717) is 0 Å². The Morgan fingerprint density at radius 2 is 2.50 bits per heavy atom. The fraction of sp³-hybridized carbons (Fsp3) is 0. The minimum atomic E-state index is -0.907. The van der Waals surface area contributed by atoms with E-state index in [9.17, 15) is 4.39 Å². The van der Waals surface area contributed by atoms with Gasteiger partial charge in [-0.05, 0) is 5.82 Å². The van der Waals surface area contributed by atoms with Crippen LogP contribution < -0.4 is 0 Å². The lowest BCUT2D eigenvalue weighted by molar-refractivity contribution is 0.723. The first-order chi connectivity index (χ1) is 2.27. The zero-order chi connectivity index (χ0) is 4.28. The van der Waals surface area contributed by atoms with Gasteiger partial charge in [0.15, 0.2) is 0 Å². The predicted molar refractivity (Wildman–Crippen MR) is 20.0 cm³/mol. The molecule has 0 heterocycles.